The summed E-state index contributed by atoms with van der Waals surface area (Å²) in [6.45, 7) is 9.47. The van der Waals surface area contributed by atoms with E-state index < -0.39 is 6.10 Å². The van der Waals surface area contributed by atoms with Gasteiger partial charge in [-0.25, -0.2) is 0 Å². The Morgan fingerprint density at radius 3 is 2.81 bits per heavy atom. The van der Waals surface area contributed by atoms with E-state index in [1.807, 2.05) is 38.7 Å². The summed E-state index contributed by atoms with van der Waals surface area (Å²) in [6, 6.07) is 2.00. The van der Waals surface area contributed by atoms with Gasteiger partial charge < -0.3 is 10.4 Å². The van der Waals surface area contributed by atoms with Crippen LogP contribution in [0.1, 0.15) is 32.2 Å². The van der Waals surface area contributed by atoms with Crippen LogP contribution in [0, 0.1) is 12.8 Å². The minimum atomic E-state index is -0.399. The topological polar surface area (TPSA) is 81.2 Å². The number of hydrogen-bond acceptors (Lipinski definition) is 4. The summed E-state index contributed by atoms with van der Waals surface area (Å²) in [5.74, 6) is 0.140. The number of amides is 1. The first-order chi connectivity index (χ1) is 9.73. The van der Waals surface area contributed by atoms with E-state index in [9.17, 15) is 9.90 Å². The summed E-state index contributed by atoms with van der Waals surface area (Å²) >= 11 is 0. The second-order valence-corrected chi connectivity index (χ2v) is 7.07. The number of aromatic amines is 1. The summed E-state index contributed by atoms with van der Waals surface area (Å²) in [6.07, 6.45) is 0.340. The minimum absolute atomic E-state index is 0.00552. The van der Waals surface area contributed by atoms with Crippen molar-refractivity contribution in [1.29, 1.82) is 0 Å². The van der Waals surface area contributed by atoms with E-state index in [1.54, 1.807) is 0 Å². The first kappa shape index (κ1) is 16.0. The van der Waals surface area contributed by atoms with Crippen LogP contribution in [0.2, 0.25) is 0 Å². The number of nitrogens with zero attached hydrogens (tertiary/aromatic N) is 2. The molecule has 0 bridgehead atoms. The van der Waals surface area contributed by atoms with Gasteiger partial charge in [0.15, 0.2) is 0 Å². The molecule has 1 aliphatic rings. The quantitative estimate of drug-likeness (QED) is 0.754. The zero-order chi connectivity index (χ0) is 15.6. The number of aromatic nitrogens is 2. The number of aliphatic hydroxyl groups is 1. The van der Waals surface area contributed by atoms with Crippen molar-refractivity contribution >= 4 is 5.91 Å². The Labute approximate surface area is 125 Å². The smallest absolute Gasteiger partial charge is 0.234 e. The van der Waals surface area contributed by atoms with E-state index in [0.717, 1.165) is 24.4 Å². The molecule has 1 saturated heterocycles. The van der Waals surface area contributed by atoms with Crippen molar-refractivity contribution < 1.29 is 9.90 Å². The molecule has 0 aliphatic carbocycles. The third-order valence-corrected chi connectivity index (χ3v) is 3.59. The lowest BCUT2D eigenvalue weighted by molar-refractivity contribution is -0.123. The van der Waals surface area contributed by atoms with Crippen molar-refractivity contribution in [3.63, 3.8) is 0 Å². The number of aliphatic hydroxyl groups excluding tert-OH is 1. The Bertz CT molecular complexity index is 492. The summed E-state index contributed by atoms with van der Waals surface area (Å²) in [4.78, 5) is 13.9. The zero-order valence-electron chi connectivity index (χ0n) is 13.3. The highest BCUT2D eigenvalue weighted by atomic mass is 16.3. The van der Waals surface area contributed by atoms with Gasteiger partial charge in [0.2, 0.25) is 5.91 Å². The number of β-amino-alcohol motifs (C(OH)–C–C–N with tert-alkyl or cyclic N) is 1. The highest BCUT2D eigenvalue weighted by molar-refractivity contribution is 5.78. The van der Waals surface area contributed by atoms with Crippen LogP contribution < -0.4 is 5.32 Å². The van der Waals surface area contributed by atoms with Crippen LogP contribution in [-0.4, -0.2) is 57.4 Å². The first-order valence-electron chi connectivity index (χ1n) is 7.45. The molecule has 0 unspecified atom stereocenters. The maximum absolute atomic E-state index is 11.9. The molecule has 1 aliphatic heterocycles. The Morgan fingerprint density at radius 1 is 1.52 bits per heavy atom. The van der Waals surface area contributed by atoms with E-state index in [0.29, 0.717) is 13.1 Å². The molecule has 1 aromatic rings. The van der Waals surface area contributed by atoms with Crippen LogP contribution in [0.4, 0.5) is 0 Å². The number of hydrogen-bond donors (Lipinski definition) is 3. The minimum Gasteiger partial charge on any atom is -0.391 e. The predicted octanol–water partition coefficient (Wildman–Crippen LogP) is 0.468. The van der Waals surface area contributed by atoms with Crippen molar-refractivity contribution in [3.05, 3.63) is 17.5 Å². The largest absolute Gasteiger partial charge is 0.391 e. The van der Waals surface area contributed by atoms with E-state index in [4.69, 9.17) is 0 Å². The Hall–Kier alpha value is -1.40. The van der Waals surface area contributed by atoms with E-state index >= 15 is 0 Å². The molecule has 6 nitrogen and oxygen atoms in total. The molecule has 0 saturated carbocycles. The molecule has 6 heteroatoms. The molecule has 0 spiro atoms. The van der Waals surface area contributed by atoms with Crippen molar-refractivity contribution in [1.82, 2.24) is 20.4 Å². The van der Waals surface area contributed by atoms with Crippen LogP contribution in [-0.2, 0) is 11.2 Å². The standard InChI is InChI=1S/C15H26N4O2/c1-10-5-12(18-17-10)6-11-7-19(8-13(11)20)9-14(21)16-15(2,3)4/h5,11,13,20H,6-9H2,1-4H3,(H,16,21)(H,17,18)/t11-,13-/m1/s1. The number of likely N-dealkylation sites (tertiary alicyclic amines) is 1. The highest BCUT2D eigenvalue weighted by Crippen LogP contribution is 2.20. The number of nitrogens with one attached hydrogen (secondary N) is 2. The van der Waals surface area contributed by atoms with Gasteiger partial charge in [-0.05, 0) is 40.2 Å². The lowest BCUT2D eigenvalue weighted by Crippen LogP contribution is -2.45. The molecule has 0 radical (unpaired) electrons. The highest BCUT2D eigenvalue weighted by Gasteiger charge is 2.33. The maximum atomic E-state index is 11.9. The second kappa shape index (κ2) is 6.15. The third kappa shape index (κ3) is 4.82. The molecule has 1 aromatic heterocycles. The van der Waals surface area contributed by atoms with Crippen molar-refractivity contribution in [2.45, 2.75) is 45.8 Å². The normalized spacial score (nSPS) is 23.5. The average molecular weight is 294 g/mol. The van der Waals surface area contributed by atoms with Crippen LogP contribution in [0.5, 0.6) is 0 Å². The molecule has 0 aromatic carbocycles. The number of H-pyrrole nitrogens is 1. The molecular formula is C15H26N4O2. The van der Waals surface area contributed by atoms with Gasteiger partial charge in [0.25, 0.3) is 0 Å². The van der Waals surface area contributed by atoms with Crippen molar-refractivity contribution in [2.24, 2.45) is 5.92 Å². The molecule has 21 heavy (non-hydrogen) atoms. The summed E-state index contributed by atoms with van der Waals surface area (Å²) in [5.41, 5.74) is 1.78. The van der Waals surface area contributed by atoms with E-state index in [2.05, 4.69) is 15.5 Å². The zero-order valence-corrected chi connectivity index (χ0v) is 13.3. The first-order valence-corrected chi connectivity index (χ1v) is 7.45. The fourth-order valence-electron chi connectivity index (χ4n) is 2.78. The lowest BCUT2D eigenvalue weighted by atomic mass is 10.0. The van der Waals surface area contributed by atoms with E-state index in [1.165, 1.54) is 0 Å². The van der Waals surface area contributed by atoms with E-state index in [-0.39, 0.29) is 17.4 Å². The van der Waals surface area contributed by atoms with Crippen LogP contribution in [0.15, 0.2) is 6.07 Å². The Balaban J connectivity index is 1.84. The van der Waals surface area contributed by atoms with Gasteiger partial charge >= 0.3 is 0 Å². The van der Waals surface area contributed by atoms with Gasteiger partial charge in [0.1, 0.15) is 0 Å². The molecule has 1 fully saturated rings. The van der Waals surface area contributed by atoms with Crippen LogP contribution in [0.25, 0.3) is 0 Å². The van der Waals surface area contributed by atoms with Gasteiger partial charge in [-0.3, -0.25) is 14.8 Å². The monoisotopic (exact) mass is 294 g/mol. The Kier molecular flexibility index (Phi) is 4.68. The number of carbonyl (C=O) groups excluding carboxylic acids is 1. The van der Waals surface area contributed by atoms with Gasteiger partial charge in [0, 0.05) is 30.2 Å². The fourth-order valence-corrected chi connectivity index (χ4v) is 2.78. The maximum Gasteiger partial charge on any atom is 0.234 e. The summed E-state index contributed by atoms with van der Waals surface area (Å²) in [5, 5.41) is 20.2. The lowest BCUT2D eigenvalue weighted by Gasteiger charge is -2.23. The van der Waals surface area contributed by atoms with Gasteiger partial charge in [-0.15, -0.1) is 0 Å². The summed E-state index contributed by atoms with van der Waals surface area (Å²) < 4.78 is 0. The van der Waals surface area contributed by atoms with Crippen LogP contribution >= 0.6 is 0 Å². The molecule has 1 amide bonds. The molecule has 118 valence electrons. The molecule has 2 rings (SSSR count). The Morgan fingerprint density at radius 2 is 2.24 bits per heavy atom. The number of rotatable bonds is 4. The molecule has 3 N–H and O–H groups in total. The number of aryl methyl sites for hydroxylation is 1. The van der Waals surface area contributed by atoms with Gasteiger partial charge in [-0.2, -0.15) is 5.10 Å². The molecule has 2 atom stereocenters. The molecule has 2 heterocycles. The van der Waals surface area contributed by atoms with Gasteiger partial charge in [0.05, 0.1) is 18.3 Å². The molecular weight excluding hydrogens is 268 g/mol. The third-order valence-electron chi connectivity index (χ3n) is 3.59. The van der Waals surface area contributed by atoms with Gasteiger partial charge in [-0.1, -0.05) is 0 Å². The van der Waals surface area contributed by atoms with Crippen molar-refractivity contribution in [2.75, 3.05) is 19.6 Å². The fraction of sp³-hybridized carbons (Fsp3) is 0.733. The SMILES string of the molecule is Cc1cc(C[C@@H]2CN(CC(=O)NC(C)(C)C)C[C@H]2O)n[nH]1. The predicted molar refractivity (Wildman–Crippen MR) is 80.9 cm³/mol. The van der Waals surface area contributed by atoms with Crippen LogP contribution in [0.3, 0.4) is 0 Å². The van der Waals surface area contributed by atoms with Crippen molar-refractivity contribution in [3.8, 4) is 0 Å². The average Bonchev–Trinajstić information content (AvgIpc) is 2.84. The number of carbonyl (C=O) groups is 1. The second-order valence-electron chi connectivity index (χ2n) is 7.07. The summed E-state index contributed by atoms with van der Waals surface area (Å²) in [7, 11) is 0.